The summed E-state index contributed by atoms with van der Waals surface area (Å²) in [6.45, 7) is 19.3. The molecule has 1 fully saturated rings. The number of nitrogens with zero attached hydrogens (tertiary/aromatic N) is 4. The van der Waals surface area contributed by atoms with Crippen LogP contribution >= 0.6 is 11.3 Å². The van der Waals surface area contributed by atoms with E-state index in [1.807, 2.05) is 43.1 Å². The van der Waals surface area contributed by atoms with Gasteiger partial charge in [0.25, 0.3) is 0 Å². The molecule has 4 aromatic rings. The van der Waals surface area contributed by atoms with Gasteiger partial charge in [0.15, 0.2) is 8.32 Å². The SMILES string of the molecule is Cc1nc2c(s1)CC[C@@H]2c1nc2ccc(C[C@@H]3CC[C@H]([C@H](O[Si](C)(C)C(C)(C)C)c4ccccc4)N3C(=O)OC(C)(C)C)cc2n1C. The summed E-state index contributed by atoms with van der Waals surface area (Å²) in [7, 11) is -0.0528. The minimum Gasteiger partial charge on any atom is -0.444 e. The van der Waals surface area contributed by atoms with Crippen molar-refractivity contribution in [2.75, 3.05) is 0 Å². The van der Waals surface area contributed by atoms with E-state index in [0.717, 1.165) is 59.5 Å². The fourth-order valence-corrected chi connectivity index (χ4v) is 9.37. The highest BCUT2D eigenvalue weighted by Gasteiger charge is 2.47. The van der Waals surface area contributed by atoms with Gasteiger partial charge in [-0.05, 0) is 101 Å². The first kappa shape index (κ1) is 33.9. The Morgan fingerprint density at radius 1 is 1.02 bits per heavy atom. The molecule has 47 heavy (non-hydrogen) atoms. The van der Waals surface area contributed by atoms with Crippen LogP contribution in [0.15, 0.2) is 48.5 Å². The molecule has 7 nitrogen and oxygen atoms in total. The van der Waals surface area contributed by atoms with Gasteiger partial charge in [-0.2, -0.15) is 0 Å². The summed E-state index contributed by atoms with van der Waals surface area (Å²) in [6.07, 6.45) is 4.13. The number of rotatable bonds is 7. The summed E-state index contributed by atoms with van der Waals surface area (Å²) < 4.78 is 15.6. The van der Waals surface area contributed by atoms with Gasteiger partial charge in [-0.15, -0.1) is 11.3 Å². The number of hydrogen-bond donors (Lipinski definition) is 0. The van der Waals surface area contributed by atoms with Gasteiger partial charge in [0.2, 0.25) is 0 Å². The monoisotopic (exact) mass is 672 g/mol. The molecular formula is C38H52N4O3SSi. The van der Waals surface area contributed by atoms with Crippen LogP contribution in [0.1, 0.15) is 105 Å². The zero-order chi connectivity index (χ0) is 33.9. The van der Waals surface area contributed by atoms with Crippen LogP contribution < -0.4 is 0 Å². The molecule has 0 radical (unpaired) electrons. The Bertz CT molecular complexity index is 1750. The molecule has 9 heteroatoms. The fourth-order valence-electron chi connectivity index (χ4n) is 7.08. The molecule has 1 amide bonds. The van der Waals surface area contributed by atoms with Gasteiger partial charge in [-0.25, -0.2) is 14.8 Å². The van der Waals surface area contributed by atoms with Crippen molar-refractivity contribution < 1.29 is 14.0 Å². The highest BCUT2D eigenvalue weighted by Crippen LogP contribution is 2.45. The summed E-state index contributed by atoms with van der Waals surface area (Å²) in [5.41, 5.74) is 5.06. The predicted octanol–water partition coefficient (Wildman–Crippen LogP) is 9.49. The number of fused-ring (bicyclic) bond motifs is 2. The lowest BCUT2D eigenvalue weighted by molar-refractivity contribution is -0.00238. The summed E-state index contributed by atoms with van der Waals surface area (Å²) in [6, 6.07) is 16.9. The van der Waals surface area contributed by atoms with Crippen molar-refractivity contribution >= 4 is 36.8 Å². The Morgan fingerprint density at radius 2 is 1.74 bits per heavy atom. The molecule has 0 bridgehead atoms. The lowest BCUT2D eigenvalue weighted by Gasteiger charge is -2.43. The summed E-state index contributed by atoms with van der Waals surface area (Å²) in [4.78, 5) is 27.6. The van der Waals surface area contributed by atoms with Crippen LogP contribution in [-0.2, 0) is 29.1 Å². The Balaban J connectivity index is 1.32. The number of aryl methyl sites for hydroxylation is 3. The van der Waals surface area contributed by atoms with Gasteiger partial charge in [0.1, 0.15) is 11.4 Å². The number of carbonyl (C=O) groups is 1. The molecule has 2 aromatic heterocycles. The van der Waals surface area contributed by atoms with E-state index in [4.69, 9.17) is 19.1 Å². The number of imidazole rings is 1. The fraction of sp³-hybridized carbons (Fsp3) is 0.553. The van der Waals surface area contributed by atoms with Gasteiger partial charge in [0.05, 0.1) is 39.8 Å². The molecule has 6 rings (SSSR count). The standard InChI is InChI=1S/C38H52N4O3SSi/c1-24-39-33-28(18-21-32(33)46-24)35-40-29-19-16-25(23-31(29)41(35)8)22-27-17-20-30(42(27)36(43)44-37(2,3)4)34(26-14-12-11-13-15-26)45-47(9,10)38(5,6)7/h11-16,19,23,27-28,30,34H,17-18,20-22H2,1-10H3/t27-,28-,30+,34+/m0/s1. The van der Waals surface area contributed by atoms with Crippen molar-refractivity contribution in [1.82, 2.24) is 19.4 Å². The van der Waals surface area contributed by atoms with E-state index >= 15 is 0 Å². The number of carbonyl (C=O) groups excluding carboxylic acids is 1. The van der Waals surface area contributed by atoms with E-state index in [0.29, 0.717) is 0 Å². The number of thiazole rings is 1. The van der Waals surface area contributed by atoms with Crippen molar-refractivity contribution in [2.24, 2.45) is 7.05 Å². The second kappa shape index (κ2) is 12.5. The van der Waals surface area contributed by atoms with Crippen LogP contribution in [0.5, 0.6) is 0 Å². The quantitative estimate of drug-likeness (QED) is 0.183. The van der Waals surface area contributed by atoms with Gasteiger partial charge < -0.3 is 13.7 Å². The van der Waals surface area contributed by atoms with E-state index in [1.54, 1.807) is 0 Å². The normalized spacial score (nSPS) is 21.0. The van der Waals surface area contributed by atoms with Crippen LogP contribution in [0.2, 0.25) is 18.1 Å². The van der Waals surface area contributed by atoms with Crippen LogP contribution in [0.25, 0.3) is 11.0 Å². The van der Waals surface area contributed by atoms with E-state index in [1.165, 1.54) is 16.1 Å². The van der Waals surface area contributed by atoms with Crippen molar-refractivity contribution in [3.8, 4) is 0 Å². The third-order valence-corrected chi connectivity index (χ3v) is 15.9. The summed E-state index contributed by atoms with van der Waals surface area (Å²) >= 11 is 1.82. The maximum absolute atomic E-state index is 14.1. The van der Waals surface area contributed by atoms with Crippen LogP contribution in [0.4, 0.5) is 4.79 Å². The van der Waals surface area contributed by atoms with E-state index in [2.05, 4.69) is 94.9 Å². The highest BCUT2D eigenvalue weighted by atomic mass is 32.1. The first-order valence-electron chi connectivity index (χ1n) is 17.2. The number of aromatic nitrogens is 3. The summed E-state index contributed by atoms with van der Waals surface area (Å²) in [5.74, 6) is 1.33. The molecule has 3 heterocycles. The van der Waals surface area contributed by atoms with Crippen molar-refractivity contribution in [3.05, 3.63) is 81.1 Å². The van der Waals surface area contributed by atoms with Crippen LogP contribution in [0, 0.1) is 6.92 Å². The smallest absolute Gasteiger partial charge is 0.410 e. The van der Waals surface area contributed by atoms with Gasteiger partial charge in [-0.3, -0.25) is 4.90 Å². The Kier molecular flexibility index (Phi) is 8.98. The van der Waals surface area contributed by atoms with E-state index < -0.39 is 13.9 Å². The number of amides is 1. The molecule has 252 valence electrons. The highest BCUT2D eigenvalue weighted by molar-refractivity contribution is 7.11. The van der Waals surface area contributed by atoms with Crippen molar-refractivity contribution in [1.29, 1.82) is 0 Å². The first-order valence-corrected chi connectivity index (χ1v) is 20.9. The molecule has 0 N–H and O–H groups in total. The Labute approximate surface area is 285 Å². The third kappa shape index (κ3) is 6.81. The zero-order valence-electron chi connectivity index (χ0n) is 29.9. The Hall–Kier alpha value is -3.01. The lowest BCUT2D eigenvalue weighted by Crippen LogP contribution is -2.50. The largest absolute Gasteiger partial charge is 0.444 e. The predicted molar refractivity (Wildman–Crippen MR) is 194 cm³/mol. The summed E-state index contributed by atoms with van der Waals surface area (Å²) in [5, 5.41) is 1.17. The molecule has 2 aromatic carbocycles. The number of likely N-dealkylation sites (tertiary alicyclic amines) is 1. The molecule has 0 saturated carbocycles. The van der Waals surface area contributed by atoms with Gasteiger partial charge in [-0.1, -0.05) is 57.2 Å². The average molecular weight is 673 g/mol. The minimum absolute atomic E-state index is 0.00963. The molecular weight excluding hydrogens is 621 g/mol. The number of ether oxygens (including phenoxy) is 1. The van der Waals surface area contributed by atoms with E-state index in [-0.39, 0.29) is 35.2 Å². The number of benzene rings is 2. The molecule has 1 aliphatic heterocycles. The average Bonchev–Trinajstić information content (AvgIpc) is 3.74. The zero-order valence-corrected chi connectivity index (χ0v) is 31.7. The maximum atomic E-state index is 14.1. The number of hydrogen-bond acceptors (Lipinski definition) is 6. The van der Waals surface area contributed by atoms with Crippen molar-refractivity contribution in [2.45, 2.75) is 128 Å². The Morgan fingerprint density at radius 3 is 2.43 bits per heavy atom. The molecule has 0 spiro atoms. The van der Waals surface area contributed by atoms with Crippen LogP contribution in [-0.4, -0.2) is 51.5 Å². The molecule has 1 aliphatic carbocycles. The minimum atomic E-state index is -2.18. The van der Waals surface area contributed by atoms with Gasteiger partial charge in [0, 0.05) is 18.0 Å². The maximum Gasteiger partial charge on any atom is 0.410 e. The molecule has 0 unspecified atom stereocenters. The van der Waals surface area contributed by atoms with Crippen LogP contribution in [0.3, 0.4) is 0 Å². The first-order chi connectivity index (χ1) is 22.0. The second-order valence-electron chi connectivity index (χ2n) is 16.1. The third-order valence-electron chi connectivity index (χ3n) is 10.4. The molecule has 1 saturated heterocycles. The van der Waals surface area contributed by atoms with Gasteiger partial charge >= 0.3 is 6.09 Å². The van der Waals surface area contributed by atoms with Crippen molar-refractivity contribution in [3.63, 3.8) is 0 Å². The second-order valence-corrected chi connectivity index (χ2v) is 22.1. The lowest BCUT2D eigenvalue weighted by atomic mass is 10.0. The topological polar surface area (TPSA) is 69.5 Å². The van der Waals surface area contributed by atoms with E-state index in [9.17, 15) is 4.79 Å². The molecule has 4 atom stereocenters. The molecule has 2 aliphatic rings.